The van der Waals surface area contributed by atoms with Crippen LogP contribution in [0.5, 0.6) is 5.88 Å². The summed E-state index contributed by atoms with van der Waals surface area (Å²) in [6.07, 6.45) is 7.25. The lowest BCUT2D eigenvalue weighted by Gasteiger charge is -2.31. The van der Waals surface area contributed by atoms with E-state index in [0.29, 0.717) is 19.0 Å². The van der Waals surface area contributed by atoms with E-state index in [1.165, 1.54) is 12.1 Å². The fourth-order valence-corrected chi connectivity index (χ4v) is 5.46. The molecule has 1 saturated heterocycles. The minimum absolute atomic E-state index is 0. The summed E-state index contributed by atoms with van der Waals surface area (Å²) in [6, 6.07) is 10.4. The Morgan fingerprint density at radius 2 is 1.91 bits per heavy atom. The molecule has 1 fully saturated rings. The molecule has 0 bridgehead atoms. The second-order valence-electron chi connectivity index (χ2n) is 10.5. The third-order valence-corrected chi connectivity index (χ3v) is 7.80. The molecular formula is C30H34F2N8O3. The van der Waals surface area contributed by atoms with Crippen molar-refractivity contribution >= 4 is 17.0 Å². The fraction of sp³-hybridized carbons (Fsp3) is 0.333. The van der Waals surface area contributed by atoms with Crippen molar-refractivity contribution in [1.29, 1.82) is 0 Å². The quantitative estimate of drug-likeness (QED) is 0.230. The van der Waals surface area contributed by atoms with Crippen LogP contribution in [0, 0.1) is 11.6 Å². The van der Waals surface area contributed by atoms with Crippen molar-refractivity contribution in [3.05, 3.63) is 95.5 Å². The predicted octanol–water partition coefficient (Wildman–Crippen LogP) is 5.05. The number of hydrogen-bond acceptors (Lipinski definition) is 7. The van der Waals surface area contributed by atoms with Gasteiger partial charge in [-0.2, -0.15) is 0 Å². The summed E-state index contributed by atoms with van der Waals surface area (Å²) in [7, 11) is 0. The first-order valence-electron chi connectivity index (χ1n) is 13.9. The Bertz CT molecular complexity index is 1720. The first-order chi connectivity index (χ1) is 20.4. The zero-order chi connectivity index (χ0) is 29.2. The Kier molecular flexibility index (Phi) is 8.83. The predicted molar refractivity (Wildman–Crippen MR) is 155 cm³/mol. The van der Waals surface area contributed by atoms with Gasteiger partial charge in [0.2, 0.25) is 5.88 Å². The number of aromatic nitrogens is 6. The molecule has 0 spiro atoms. The number of aromatic carboxylic acids is 1. The first-order valence-corrected chi connectivity index (χ1v) is 13.9. The number of rotatable bonds is 10. The number of hydrogen-bond donors (Lipinski definition) is 2. The van der Waals surface area contributed by atoms with Gasteiger partial charge in [-0.25, -0.2) is 23.5 Å². The molecule has 0 unspecified atom stereocenters. The van der Waals surface area contributed by atoms with Crippen LogP contribution in [0.25, 0.3) is 11.0 Å². The standard InChI is InChI=1S/C30H31F2N7O3.H3N/c1-2-37-19-33-15-24(37)16-38-27-13-20(30(40)41)4-6-26(27)34-28(38)17-36-10-7-23(8-11-36)39-12-9-29(35-39)42-18-21-3-5-22(31)14-25(21)32;/h3-6,9,12-15,19,23H,2,7-8,10-11,16-18H2,1H3,(H,40,41);1H3. The SMILES string of the molecule is CCn1cncc1Cn1c(CN2CCC(n3ccc(OCc4ccc(F)cc4F)n3)CC2)nc2ccc(C(=O)O)cc21.N. The molecule has 0 radical (unpaired) electrons. The van der Waals surface area contributed by atoms with Crippen molar-refractivity contribution in [3.8, 4) is 5.88 Å². The maximum Gasteiger partial charge on any atom is 0.335 e. The van der Waals surface area contributed by atoms with Crippen LogP contribution in [0.3, 0.4) is 0 Å². The van der Waals surface area contributed by atoms with Gasteiger partial charge in [0.05, 0.1) is 47.7 Å². The molecule has 43 heavy (non-hydrogen) atoms. The zero-order valence-corrected chi connectivity index (χ0v) is 23.9. The van der Waals surface area contributed by atoms with Crippen molar-refractivity contribution in [3.63, 3.8) is 0 Å². The topological polar surface area (TPSA) is 138 Å². The lowest BCUT2D eigenvalue weighted by molar-refractivity contribution is 0.0697. The minimum Gasteiger partial charge on any atom is -0.478 e. The number of benzene rings is 2. The largest absolute Gasteiger partial charge is 0.478 e. The monoisotopic (exact) mass is 592 g/mol. The van der Waals surface area contributed by atoms with E-state index >= 15 is 0 Å². The van der Waals surface area contributed by atoms with Gasteiger partial charge in [-0.15, -0.1) is 5.10 Å². The smallest absolute Gasteiger partial charge is 0.335 e. The molecule has 4 heterocycles. The number of carbonyl (C=O) groups is 1. The number of fused-ring (bicyclic) bond motifs is 1. The van der Waals surface area contributed by atoms with Gasteiger partial charge in [0.15, 0.2) is 0 Å². The summed E-state index contributed by atoms with van der Waals surface area (Å²) in [6.45, 7) is 5.64. The second-order valence-corrected chi connectivity index (χ2v) is 10.5. The van der Waals surface area contributed by atoms with Crippen LogP contribution in [-0.2, 0) is 26.2 Å². The van der Waals surface area contributed by atoms with Crippen molar-refractivity contribution in [2.45, 2.75) is 52.0 Å². The molecule has 13 heteroatoms. The average Bonchev–Trinajstić information content (AvgIpc) is 3.72. The summed E-state index contributed by atoms with van der Waals surface area (Å²) >= 11 is 0. The van der Waals surface area contributed by atoms with Crippen molar-refractivity contribution in [1.82, 2.24) is 39.9 Å². The maximum atomic E-state index is 13.9. The van der Waals surface area contributed by atoms with Gasteiger partial charge in [-0.1, -0.05) is 0 Å². The average molecular weight is 593 g/mol. The molecule has 11 nitrogen and oxygen atoms in total. The molecule has 5 aromatic rings. The van der Waals surface area contributed by atoms with Gasteiger partial charge in [0.25, 0.3) is 0 Å². The maximum absolute atomic E-state index is 13.9. The Balaban J connectivity index is 0.00000368. The normalized spacial score (nSPS) is 14.2. The molecule has 1 aliphatic heterocycles. The van der Waals surface area contributed by atoms with Crippen LogP contribution >= 0.6 is 0 Å². The van der Waals surface area contributed by atoms with E-state index in [1.54, 1.807) is 30.6 Å². The molecule has 2 aromatic carbocycles. The fourth-order valence-electron chi connectivity index (χ4n) is 5.46. The summed E-state index contributed by atoms with van der Waals surface area (Å²) in [5.74, 6) is -0.977. The number of ether oxygens (including phenoxy) is 1. The number of imidazole rings is 2. The molecule has 0 aliphatic carbocycles. The van der Waals surface area contributed by atoms with E-state index in [0.717, 1.165) is 61.1 Å². The lowest BCUT2D eigenvalue weighted by atomic mass is 10.1. The molecule has 6 rings (SSSR count). The molecule has 226 valence electrons. The lowest BCUT2D eigenvalue weighted by Crippen LogP contribution is -2.35. The summed E-state index contributed by atoms with van der Waals surface area (Å²) in [5, 5.41) is 14.1. The van der Waals surface area contributed by atoms with Gasteiger partial charge in [-0.3, -0.25) is 9.58 Å². The Morgan fingerprint density at radius 3 is 2.65 bits per heavy atom. The molecule has 1 aliphatic rings. The van der Waals surface area contributed by atoms with E-state index in [1.807, 2.05) is 17.1 Å². The number of likely N-dealkylation sites (tertiary alicyclic amines) is 1. The van der Waals surface area contributed by atoms with Crippen molar-refractivity contribution in [2.75, 3.05) is 13.1 Å². The molecule has 4 N–H and O–H groups in total. The number of carboxylic acids is 1. The Labute approximate surface area is 246 Å². The molecular weight excluding hydrogens is 558 g/mol. The highest BCUT2D eigenvalue weighted by Gasteiger charge is 2.24. The Morgan fingerprint density at radius 1 is 1.09 bits per heavy atom. The van der Waals surface area contributed by atoms with Crippen LogP contribution in [0.4, 0.5) is 8.78 Å². The summed E-state index contributed by atoms with van der Waals surface area (Å²) in [4.78, 5) is 23.2. The van der Waals surface area contributed by atoms with Gasteiger partial charge in [0, 0.05) is 49.7 Å². The van der Waals surface area contributed by atoms with Gasteiger partial charge >= 0.3 is 5.97 Å². The van der Waals surface area contributed by atoms with E-state index in [-0.39, 0.29) is 29.9 Å². The first kappa shape index (κ1) is 29.9. The van der Waals surface area contributed by atoms with E-state index in [2.05, 4.69) is 31.0 Å². The zero-order valence-electron chi connectivity index (χ0n) is 23.9. The third-order valence-electron chi connectivity index (χ3n) is 7.80. The molecule has 0 saturated carbocycles. The summed E-state index contributed by atoms with van der Waals surface area (Å²) < 4.78 is 38.8. The Hall–Kier alpha value is -4.62. The summed E-state index contributed by atoms with van der Waals surface area (Å²) in [5.41, 5.74) is 3.07. The van der Waals surface area contributed by atoms with Gasteiger partial charge in [0.1, 0.15) is 24.1 Å². The van der Waals surface area contributed by atoms with Crippen LogP contribution in [-0.4, -0.2) is 57.9 Å². The number of aryl methyl sites for hydroxylation is 1. The molecule has 0 atom stereocenters. The van der Waals surface area contributed by atoms with Gasteiger partial charge in [-0.05, 0) is 50.1 Å². The highest BCUT2D eigenvalue weighted by molar-refractivity contribution is 5.92. The van der Waals surface area contributed by atoms with E-state index < -0.39 is 17.6 Å². The van der Waals surface area contributed by atoms with Crippen LogP contribution in [0.1, 0.15) is 53.2 Å². The van der Waals surface area contributed by atoms with Crippen LogP contribution in [0.2, 0.25) is 0 Å². The van der Waals surface area contributed by atoms with Crippen LogP contribution in [0.15, 0.2) is 61.2 Å². The number of nitrogens with zero attached hydrogens (tertiary/aromatic N) is 7. The van der Waals surface area contributed by atoms with Crippen LogP contribution < -0.4 is 10.9 Å². The van der Waals surface area contributed by atoms with Crippen molar-refractivity contribution < 1.29 is 23.4 Å². The van der Waals surface area contributed by atoms with E-state index in [9.17, 15) is 18.7 Å². The highest BCUT2D eigenvalue weighted by atomic mass is 19.1. The van der Waals surface area contributed by atoms with Crippen molar-refractivity contribution in [2.24, 2.45) is 0 Å². The molecule has 0 amide bonds. The minimum atomic E-state index is -0.971. The highest BCUT2D eigenvalue weighted by Crippen LogP contribution is 2.26. The van der Waals surface area contributed by atoms with E-state index in [4.69, 9.17) is 9.72 Å². The van der Waals surface area contributed by atoms with Gasteiger partial charge < -0.3 is 25.1 Å². The number of piperidine rings is 1. The molecule has 3 aromatic heterocycles. The second kappa shape index (κ2) is 12.7. The third kappa shape index (κ3) is 6.42. The number of carboxylic acid groups (broad SMARTS) is 1. The number of halogens is 2.